The number of hydrogen-bond acceptors (Lipinski definition) is 3. The summed E-state index contributed by atoms with van der Waals surface area (Å²) in [5, 5.41) is 18.9. The third-order valence-electron chi connectivity index (χ3n) is 3.72. The molecule has 3 heteroatoms. The molecule has 0 radical (unpaired) electrons. The largest absolute Gasteiger partial charge is 0.393 e. The SMILES string of the molecule is CC(C)[C@H](/C=C/[C@]1(C)C[C@@H](O)CO1)CC[C@H](C)O. The molecule has 1 aliphatic rings. The lowest BCUT2D eigenvalue weighted by molar-refractivity contribution is 0.0512. The van der Waals surface area contributed by atoms with Crippen molar-refractivity contribution in [3.05, 3.63) is 12.2 Å². The highest BCUT2D eigenvalue weighted by Gasteiger charge is 2.33. The van der Waals surface area contributed by atoms with Crippen LogP contribution in [0.2, 0.25) is 0 Å². The summed E-state index contributed by atoms with van der Waals surface area (Å²) in [6.07, 6.45) is 6.21. The molecule has 18 heavy (non-hydrogen) atoms. The second kappa shape index (κ2) is 6.69. The smallest absolute Gasteiger partial charge is 0.0861 e. The van der Waals surface area contributed by atoms with Crippen molar-refractivity contribution >= 4 is 0 Å². The van der Waals surface area contributed by atoms with E-state index in [1.807, 2.05) is 13.8 Å². The summed E-state index contributed by atoms with van der Waals surface area (Å²) in [5.74, 6) is 1.01. The maximum Gasteiger partial charge on any atom is 0.0861 e. The van der Waals surface area contributed by atoms with Gasteiger partial charge in [0.05, 0.1) is 24.4 Å². The van der Waals surface area contributed by atoms with Crippen LogP contribution in [0.3, 0.4) is 0 Å². The van der Waals surface area contributed by atoms with Crippen LogP contribution in [0.5, 0.6) is 0 Å². The van der Waals surface area contributed by atoms with Gasteiger partial charge in [-0.3, -0.25) is 0 Å². The fourth-order valence-electron chi connectivity index (χ4n) is 2.40. The minimum absolute atomic E-state index is 0.236. The normalized spacial score (nSPS) is 32.3. The van der Waals surface area contributed by atoms with Gasteiger partial charge >= 0.3 is 0 Å². The zero-order valence-electron chi connectivity index (χ0n) is 12.1. The average molecular weight is 256 g/mol. The van der Waals surface area contributed by atoms with E-state index in [2.05, 4.69) is 26.0 Å². The van der Waals surface area contributed by atoms with Crippen molar-refractivity contribution in [2.45, 2.75) is 64.8 Å². The summed E-state index contributed by atoms with van der Waals surface area (Å²) < 4.78 is 5.62. The van der Waals surface area contributed by atoms with Crippen molar-refractivity contribution in [1.29, 1.82) is 0 Å². The molecule has 0 aromatic rings. The van der Waals surface area contributed by atoms with Gasteiger partial charge in [0.25, 0.3) is 0 Å². The lowest BCUT2D eigenvalue weighted by Crippen LogP contribution is -2.21. The Morgan fingerprint density at radius 1 is 1.33 bits per heavy atom. The van der Waals surface area contributed by atoms with Crippen molar-refractivity contribution in [3.8, 4) is 0 Å². The highest BCUT2D eigenvalue weighted by molar-refractivity contribution is 5.05. The summed E-state index contributed by atoms with van der Waals surface area (Å²) in [7, 11) is 0. The molecule has 1 rings (SSSR count). The second-order valence-electron chi connectivity index (χ2n) is 6.17. The molecule has 1 fully saturated rings. The summed E-state index contributed by atoms with van der Waals surface area (Å²) in [6.45, 7) is 8.68. The molecule has 3 nitrogen and oxygen atoms in total. The van der Waals surface area contributed by atoms with E-state index >= 15 is 0 Å². The number of aliphatic hydroxyl groups excluding tert-OH is 2. The lowest BCUT2D eigenvalue weighted by Gasteiger charge is -2.22. The topological polar surface area (TPSA) is 49.7 Å². The van der Waals surface area contributed by atoms with Crippen LogP contribution in [0.4, 0.5) is 0 Å². The molecule has 0 bridgehead atoms. The minimum atomic E-state index is -0.338. The molecule has 0 saturated carbocycles. The monoisotopic (exact) mass is 256 g/mol. The van der Waals surface area contributed by atoms with E-state index in [1.54, 1.807) is 0 Å². The van der Waals surface area contributed by atoms with E-state index in [0.29, 0.717) is 24.9 Å². The summed E-state index contributed by atoms with van der Waals surface area (Å²) in [5.41, 5.74) is -0.322. The number of hydrogen-bond donors (Lipinski definition) is 2. The van der Waals surface area contributed by atoms with Crippen LogP contribution in [-0.2, 0) is 4.74 Å². The van der Waals surface area contributed by atoms with Gasteiger partial charge in [-0.05, 0) is 38.5 Å². The first kappa shape index (κ1) is 15.7. The molecular weight excluding hydrogens is 228 g/mol. The van der Waals surface area contributed by atoms with Gasteiger partial charge in [-0.15, -0.1) is 0 Å². The van der Waals surface area contributed by atoms with Gasteiger partial charge in [0.2, 0.25) is 0 Å². The Kier molecular flexibility index (Phi) is 5.83. The van der Waals surface area contributed by atoms with Crippen LogP contribution < -0.4 is 0 Å². The van der Waals surface area contributed by atoms with Gasteiger partial charge in [0.15, 0.2) is 0 Å². The molecule has 4 atom stereocenters. The average Bonchev–Trinajstić information content (AvgIpc) is 2.58. The van der Waals surface area contributed by atoms with Crippen molar-refractivity contribution in [2.24, 2.45) is 11.8 Å². The van der Waals surface area contributed by atoms with E-state index in [4.69, 9.17) is 4.74 Å². The van der Waals surface area contributed by atoms with Crippen molar-refractivity contribution in [3.63, 3.8) is 0 Å². The van der Waals surface area contributed by atoms with Gasteiger partial charge in [0.1, 0.15) is 0 Å². The van der Waals surface area contributed by atoms with Gasteiger partial charge in [-0.25, -0.2) is 0 Å². The summed E-state index contributed by atoms with van der Waals surface area (Å²) in [6, 6.07) is 0. The first-order valence-corrected chi connectivity index (χ1v) is 7.02. The highest BCUT2D eigenvalue weighted by atomic mass is 16.5. The number of aliphatic hydroxyl groups is 2. The van der Waals surface area contributed by atoms with E-state index in [9.17, 15) is 10.2 Å². The molecule has 0 amide bonds. The van der Waals surface area contributed by atoms with Gasteiger partial charge < -0.3 is 14.9 Å². The summed E-state index contributed by atoms with van der Waals surface area (Å²) >= 11 is 0. The van der Waals surface area contributed by atoms with E-state index in [-0.39, 0.29) is 17.8 Å². The Morgan fingerprint density at radius 3 is 2.44 bits per heavy atom. The molecule has 106 valence electrons. The van der Waals surface area contributed by atoms with Gasteiger partial charge in [-0.2, -0.15) is 0 Å². The van der Waals surface area contributed by atoms with Crippen LogP contribution in [-0.4, -0.2) is 34.6 Å². The van der Waals surface area contributed by atoms with Crippen LogP contribution in [0.25, 0.3) is 0 Å². The fraction of sp³-hybridized carbons (Fsp3) is 0.867. The van der Waals surface area contributed by atoms with Crippen LogP contribution >= 0.6 is 0 Å². The van der Waals surface area contributed by atoms with E-state index in [0.717, 1.165) is 12.8 Å². The van der Waals surface area contributed by atoms with Crippen molar-refractivity contribution in [1.82, 2.24) is 0 Å². The molecular formula is C15H28O3. The molecule has 0 spiro atoms. The zero-order chi connectivity index (χ0) is 13.8. The molecule has 0 aromatic heterocycles. The van der Waals surface area contributed by atoms with Gasteiger partial charge in [-0.1, -0.05) is 26.0 Å². The quantitative estimate of drug-likeness (QED) is 0.718. The summed E-state index contributed by atoms with van der Waals surface area (Å²) in [4.78, 5) is 0. The van der Waals surface area contributed by atoms with Crippen LogP contribution in [0.1, 0.15) is 47.0 Å². The first-order valence-electron chi connectivity index (χ1n) is 7.02. The highest BCUT2D eigenvalue weighted by Crippen LogP contribution is 2.29. The van der Waals surface area contributed by atoms with Crippen LogP contribution in [0.15, 0.2) is 12.2 Å². The first-order chi connectivity index (χ1) is 8.32. The maximum absolute atomic E-state index is 9.52. The predicted molar refractivity (Wildman–Crippen MR) is 73.4 cm³/mol. The van der Waals surface area contributed by atoms with Crippen molar-refractivity contribution in [2.75, 3.05) is 6.61 Å². The Labute approximate surface area is 111 Å². The molecule has 0 unspecified atom stereocenters. The van der Waals surface area contributed by atoms with Crippen LogP contribution in [0, 0.1) is 11.8 Å². The fourth-order valence-corrected chi connectivity index (χ4v) is 2.40. The predicted octanol–water partition coefficient (Wildman–Crippen LogP) is 2.52. The Bertz CT molecular complexity index is 273. The lowest BCUT2D eigenvalue weighted by atomic mass is 9.88. The maximum atomic E-state index is 9.52. The molecule has 1 aliphatic heterocycles. The molecule has 0 aliphatic carbocycles. The molecule has 1 saturated heterocycles. The third-order valence-corrected chi connectivity index (χ3v) is 3.72. The molecule has 0 aromatic carbocycles. The Balaban J connectivity index is 2.54. The third kappa shape index (κ3) is 5.09. The number of rotatable bonds is 6. The van der Waals surface area contributed by atoms with E-state index in [1.165, 1.54) is 0 Å². The second-order valence-corrected chi connectivity index (χ2v) is 6.17. The Hall–Kier alpha value is -0.380. The zero-order valence-corrected chi connectivity index (χ0v) is 12.1. The van der Waals surface area contributed by atoms with Gasteiger partial charge in [0, 0.05) is 6.42 Å². The minimum Gasteiger partial charge on any atom is -0.393 e. The molecule has 2 N–H and O–H groups in total. The standard InChI is InChI=1S/C15H28O3/c1-11(2)13(6-5-12(3)16)7-8-15(4)9-14(17)10-18-15/h7-8,11-14,16-17H,5-6,9-10H2,1-4H3/b8-7+/t12-,13-,14+,15+/m0/s1. The van der Waals surface area contributed by atoms with E-state index < -0.39 is 0 Å². The molecule has 1 heterocycles. The number of allylic oxidation sites excluding steroid dienone is 1. The van der Waals surface area contributed by atoms with Crippen molar-refractivity contribution < 1.29 is 14.9 Å². The number of ether oxygens (including phenoxy) is 1. The Morgan fingerprint density at radius 2 is 2.00 bits per heavy atom.